The third-order valence-corrected chi connectivity index (χ3v) is 4.17. The van der Waals surface area contributed by atoms with Gasteiger partial charge in [0.15, 0.2) is 6.29 Å². The first-order valence-corrected chi connectivity index (χ1v) is 8.38. The number of rotatable bonds is 9. The summed E-state index contributed by atoms with van der Waals surface area (Å²) in [6.07, 6.45) is 4.44. The van der Waals surface area contributed by atoms with Crippen LogP contribution in [0.4, 0.5) is 0 Å². The van der Waals surface area contributed by atoms with E-state index in [1.807, 2.05) is 18.2 Å². The van der Waals surface area contributed by atoms with E-state index in [1.54, 1.807) is 0 Å². The van der Waals surface area contributed by atoms with Crippen LogP contribution < -0.4 is 4.74 Å². The normalized spacial score (nSPS) is 16.9. The van der Waals surface area contributed by atoms with Crippen molar-refractivity contribution in [1.82, 2.24) is 0 Å². The number of ether oxygens (including phenoxy) is 3. The van der Waals surface area contributed by atoms with Gasteiger partial charge in [0, 0.05) is 11.1 Å². The summed E-state index contributed by atoms with van der Waals surface area (Å²) < 4.78 is 17.1. The number of hydrogen-bond donors (Lipinski definition) is 1. The Kier molecular flexibility index (Phi) is 7.16. The molecule has 1 fully saturated rings. The van der Waals surface area contributed by atoms with Crippen molar-refractivity contribution in [3.05, 3.63) is 29.3 Å². The molecule has 4 nitrogen and oxygen atoms in total. The van der Waals surface area contributed by atoms with Gasteiger partial charge in [0.05, 0.1) is 26.4 Å². The second-order valence-corrected chi connectivity index (χ2v) is 5.83. The highest BCUT2D eigenvalue weighted by molar-refractivity contribution is 5.37. The maximum absolute atomic E-state index is 9.50. The molecule has 1 unspecified atom stereocenters. The lowest BCUT2D eigenvalue weighted by Crippen LogP contribution is -2.12. The number of benzene rings is 1. The van der Waals surface area contributed by atoms with Gasteiger partial charge in [-0.15, -0.1) is 0 Å². The zero-order chi connectivity index (χ0) is 15.8. The maximum Gasteiger partial charge on any atom is 0.184 e. The molecule has 0 aromatic heterocycles. The zero-order valence-corrected chi connectivity index (χ0v) is 13.7. The molecule has 1 aromatic rings. The number of hydrogen-bond acceptors (Lipinski definition) is 4. The maximum atomic E-state index is 9.50. The van der Waals surface area contributed by atoms with Crippen molar-refractivity contribution in [3.63, 3.8) is 0 Å². The molecule has 1 aliphatic rings. The molecule has 1 heterocycles. The molecule has 0 amide bonds. The highest BCUT2D eigenvalue weighted by atomic mass is 16.7. The van der Waals surface area contributed by atoms with E-state index in [9.17, 15) is 5.11 Å². The van der Waals surface area contributed by atoms with Crippen LogP contribution in [0.2, 0.25) is 0 Å². The molecule has 2 rings (SSSR count). The van der Waals surface area contributed by atoms with E-state index in [1.165, 1.54) is 19.3 Å². The van der Waals surface area contributed by atoms with Crippen molar-refractivity contribution in [1.29, 1.82) is 0 Å². The van der Waals surface area contributed by atoms with E-state index in [2.05, 4.69) is 13.8 Å². The molecular formula is C18H28O4. The molecule has 124 valence electrons. The Morgan fingerprint density at radius 1 is 1.27 bits per heavy atom. The Morgan fingerprint density at radius 2 is 2.05 bits per heavy atom. The SMILES string of the molecule is CCCCC(CC)COc1cc(C2OCCO2)ccc1CO. The minimum absolute atomic E-state index is 0.0201. The lowest BCUT2D eigenvalue weighted by molar-refractivity contribution is -0.0442. The van der Waals surface area contributed by atoms with Gasteiger partial charge >= 0.3 is 0 Å². The van der Waals surface area contributed by atoms with Gasteiger partial charge in [-0.2, -0.15) is 0 Å². The molecule has 1 saturated heterocycles. The van der Waals surface area contributed by atoms with Crippen molar-refractivity contribution in [2.24, 2.45) is 5.92 Å². The smallest absolute Gasteiger partial charge is 0.184 e. The quantitative estimate of drug-likeness (QED) is 0.753. The third-order valence-electron chi connectivity index (χ3n) is 4.17. The third kappa shape index (κ3) is 4.70. The van der Waals surface area contributed by atoms with Gasteiger partial charge in [-0.25, -0.2) is 0 Å². The van der Waals surface area contributed by atoms with Gasteiger partial charge in [-0.1, -0.05) is 45.2 Å². The molecule has 0 spiro atoms. The Balaban J connectivity index is 2.02. The topological polar surface area (TPSA) is 47.9 Å². The standard InChI is InChI=1S/C18H28O4/c1-3-5-6-14(4-2)13-22-17-11-15(7-8-16(17)12-19)18-20-9-10-21-18/h7-8,11,14,18-19H,3-6,9-10,12-13H2,1-2H3. The van der Waals surface area contributed by atoms with Crippen LogP contribution in [-0.2, 0) is 16.1 Å². The van der Waals surface area contributed by atoms with E-state index < -0.39 is 0 Å². The molecule has 1 N–H and O–H groups in total. The summed E-state index contributed by atoms with van der Waals surface area (Å²) in [4.78, 5) is 0. The molecule has 0 radical (unpaired) electrons. The Hall–Kier alpha value is -1.10. The summed E-state index contributed by atoms with van der Waals surface area (Å²) in [5.41, 5.74) is 1.76. The summed E-state index contributed by atoms with van der Waals surface area (Å²) >= 11 is 0. The average molecular weight is 308 g/mol. The van der Waals surface area contributed by atoms with Gasteiger partial charge in [0.2, 0.25) is 0 Å². The summed E-state index contributed by atoms with van der Waals surface area (Å²) in [7, 11) is 0. The van der Waals surface area contributed by atoms with Crippen LogP contribution in [0.3, 0.4) is 0 Å². The second kappa shape index (κ2) is 9.13. The van der Waals surface area contributed by atoms with Crippen LogP contribution in [0.1, 0.15) is 56.9 Å². The molecule has 1 aromatic carbocycles. The van der Waals surface area contributed by atoms with Crippen molar-refractivity contribution >= 4 is 0 Å². The lowest BCUT2D eigenvalue weighted by Gasteiger charge is -2.18. The first-order chi connectivity index (χ1) is 10.8. The van der Waals surface area contributed by atoms with Crippen molar-refractivity contribution in [2.45, 2.75) is 52.4 Å². The zero-order valence-electron chi connectivity index (χ0n) is 13.7. The highest BCUT2D eigenvalue weighted by Gasteiger charge is 2.20. The number of aliphatic hydroxyl groups is 1. The van der Waals surface area contributed by atoms with Gasteiger partial charge in [-0.3, -0.25) is 0 Å². The highest BCUT2D eigenvalue weighted by Crippen LogP contribution is 2.29. The van der Waals surface area contributed by atoms with Crippen molar-refractivity contribution in [3.8, 4) is 5.75 Å². The van der Waals surface area contributed by atoms with Crippen LogP contribution in [-0.4, -0.2) is 24.9 Å². The summed E-state index contributed by atoms with van der Waals surface area (Å²) in [6.45, 7) is 6.33. The van der Waals surface area contributed by atoms with Crippen molar-refractivity contribution < 1.29 is 19.3 Å². The fourth-order valence-corrected chi connectivity index (χ4v) is 2.64. The molecule has 1 atom stereocenters. The van der Waals surface area contributed by atoms with Crippen molar-refractivity contribution in [2.75, 3.05) is 19.8 Å². The average Bonchev–Trinajstić information content (AvgIpc) is 3.09. The molecular weight excluding hydrogens is 280 g/mol. The van der Waals surface area contributed by atoms with E-state index in [4.69, 9.17) is 14.2 Å². The fourth-order valence-electron chi connectivity index (χ4n) is 2.64. The Labute approximate surface area is 133 Å². The van der Waals surface area contributed by atoms with Gasteiger partial charge in [-0.05, 0) is 18.4 Å². The van der Waals surface area contributed by atoms with Crippen LogP contribution in [0.15, 0.2) is 18.2 Å². The number of unbranched alkanes of at least 4 members (excludes halogenated alkanes) is 1. The Morgan fingerprint density at radius 3 is 2.68 bits per heavy atom. The van der Waals surface area contributed by atoms with E-state index >= 15 is 0 Å². The monoisotopic (exact) mass is 308 g/mol. The van der Waals surface area contributed by atoms with E-state index in [0.717, 1.165) is 23.3 Å². The largest absolute Gasteiger partial charge is 0.493 e. The summed E-state index contributed by atoms with van der Waals surface area (Å²) in [5.74, 6) is 1.31. The molecule has 4 heteroatoms. The number of aliphatic hydroxyl groups excluding tert-OH is 1. The van der Waals surface area contributed by atoms with Crippen LogP contribution in [0.25, 0.3) is 0 Å². The van der Waals surface area contributed by atoms with Gasteiger partial charge < -0.3 is 19.3 Å². The molecule has 0 aliphatic carbocycles. The fraction of sp³-hybridized carbons (Fsp3) is 0.667. The minimum Gasteiger partial charge on any atom is -0.493 e. The first kappa shape index (κ1) is 17.3. The predicted molar refractivity (Wildman–Crippen MR) is 85.8 cm³/mol. The van der Waals surface area contributed by atoms with Gasteiger partial charge in [0.1, 0.15) is 5.75 Å². The predicted octanol–water partition coefficient (Wildman–Crippen LogP) is 3.82. The lowest BCUT2D eigenvalue weighted by atomic mass is 10.0. The molecule has 22 heavy (non-hydrogen) atoms. The van der Waals surface area contributed by atoms with Gasteiger partial charge in [0.25, 0.3) is 0 Å². The van der Waals surface area contributed by atoms with Crippen LogP contribution >= 0.6 is 0 Å². The van der Waals surface area contributed by atoms with Crippen LogP contribution in [0.5, 0.6) is 5.75 Å². The minimum atomic E-state index is -0.308. The van der Waals surface area contributed by atoms with E-state index in [-0.39, 0.29) is 12.9 Å². The second-order valence-electron chi connectivity index (χ2n) is 5.83. The Bertz CT molecular complexity index is 441. The van der Waals surface area contributed by atoms with E-state index in [0.29, 0.717) is 25.7 Å². The molecule has 0 saturated carbocycles. The van der Waals surface area contributed by atoms with Crippen LogP contribution in [0, 0.1) is 5.92 Å². The molecule has 1 aliphatic heterocycles. The first-order valence-electron chi connectivity index (χ1n) is 8.38. The molecule has 0 bridgehead atoms. The summed E-state index contributed by atoms with van der Waals surface area (Å²) in [6, 6.07) is 5.76. The summed E-state index contributed by atoms with van der Waals surface area (Å²) in [5, 5.41) is 9.50.